The Labute approximate surface area is 173 Å². The van der Waals surface area contributed by atoms with Crippen LogP contribution in [0.4, 0.5) is 4.39 Å². The summed E-state index contributed by atoms with van der Waals surface area (Å²) in [5.41, 5.74) is 5.48. The van der Waals surface area contributed by atoms with Crippen LogP contribution in [0.1, 0.15) is 16.7 Å². The van der Waals surface area contributed by atoms with Crippen molar-refractivity contribution in [2.24, 2.45) is 0 Å². The highest BCUT2D eigenvalue weighted by atomic mass is 19.1. The molecular formula is C24H20FN5. The Kier molecular flexibility index (Phi) is 4.59. The van der Waals surface area contributed by atoms with Crippen LogP contribution in [-0.4, -0.2) is 24.8 Å². The molecule has 0 saturated heterocycles. The Bertz CT molecular complexity index is 1300. The Morgan fingerprint density at radius 2 is 1.53 bits per heavy atom. The smallest absolute Gasteiger partial charge is 0.207 e. The zero-order valence-electron chi connectivity index (χ0n) is 16.5. The summed E-state index contributed by atoms with van der Waals surface area (Å²) in [6.45, 7) is 3.30. The average molecular weight is 397 g/mol. The molecule has 2 aromatic heterocycles. The highest BCUT2D eigenvalue weighted by Gasteiger charge is 2.15. The second-order valence-electron chi connectivity index (χ2n) is 7.44. The van der Waals surface area contributed by atoms with Crippen molar-refractivity contribution >= 4 is 10.9 Å². The molecule has 0 saturated carbocycles. The van der Waals surface area contributed by atoms with Gasteiger partial charge in [0, 0.05) is 29.2 Å². The van der Waals surface area contributed by atoms with Gasteiger partial charge >= 0.3 is 0 Å². The molecule has 0 amide bonds. The van der Waals surface area contributed by atoms with E-state index in [9.17, 15) is 4.39 Å². The maximum absolute atomic E-state index is 13.1. The van der Waals surface area contributed by atoms with Crippen molar-refractivity contribution in [2.45, 2.75) is 20.0 Å². The van der Waals surface area contributed by atoms with Crippen LogP contribution in [0.3, 0.4) is 0 Å². The van der Waals surface area contributed by atoms with Crippen LogP contribution in [-0.2, 0) is 13.1 Å². The third-order valence-corrected chi connectivity index (χ3v) is 5.19. The van der Waals surface area contributed by atoms with Gasteiger partial charge in [-0.15, -0.1) is 10.2 Å². The number of fused-ring (bicyclic) bond motifs is 1. The van der Waals surface area contributed by atoms with E-state index in [0.29, 0.717) is 12.4 Å². The van der Waals surface area contributed by atoms with Gasteiger partial charge in [0.25, 0.3) is 0 Å². The van der Waals surface area contributed by atoms with Gasteiger partial charge in [-0.05, 0) is 41.5 Å². The Hall–Kier alpha value is -3.80. The van der Waals surface area contributed by atoms with Gasteiger partial charge in [-0.3, -0.25) is 0 Å². The molecule has 0 aliphatic heterocycles. The lowest BCUT2D eigenvalue weighted by Gasteiger charge is -2.05. The number of aromatic nitrogens is 5. The molecule has 0 aliphatic rings. The summed E-state index contributed by atoms with van der Waals surface area (Å²) >= 11 is 0. The fourth-order valence-corrected chi connectivity index (χ4v) is 3.62. The predicted octanol–water partition coefficient (Wildman–Crippen LogP) is 4.84. The number of tetrazole rings is 1. The van der Waals surface area contributed by atoms with E-state index in [4.69, 9.17) is 0 Å². The number of hydrogen-bond donors (Lipinski definition) is 0. The quantitative estimate of drug-likeness (QED) is 0.426. The van der Waals surface area contributed by atoms with Crippen molar-refractivity contribution in [3.05, 3.63) is 102 Å². The molecule has 0 bridgehead atoms. The highest BCUT2D eigenvalue weighted by molar-refractivity contribution is 5.94. The molecule has 5 nitrogen and oxygen atoms in total. The number of aryl methyl sites for hydroxylation is 1. The van der Waals surface area contributed by atoms with Gasteiger partial charge in [0.15, 0.2) is 0 Å². The monoisotopic (exact) mass is 397 g/mol. The van der Waals surface area contributed by atoms with Gasteiger partial charge in [-0.25, -0.2) is 4.39 Å². The minimum atomic E-state index is -0.257. The highest BCUT2D eigenvalue weighted by Crippen LogP contribution is 2.28. The zero-order valence-corrected chi connectivity index (χ0v) is 16.5. The topological polar surface area (TPSA) is 48.5 Å². The molecule has 5 rings (SSSR count). The molecular weight excluding hydrogens is 377 g/mol. The molecule has 2 heterocycles. The third-order valence-electron chi connectivity index (χ3n) is 5.19. The molecule has 6 heteroatoms. The minimum absolute atomic E-state index is 0.257. The lowest BCUT2D eigenvalue weighted by molar-refractivity contribution is 0.570. The molecule has 0 fully saturated rings. The lowest BCUT2D eigenvalue weighted by Crippen LogP contribution is -2.04. The van der Waals surface area contributed by atoms with E-state index >= 15 is 0 Å². The number of para-hydroxylation sites is 1. The van der Waals surface area contributed by atoms with Crippen LogP contribution in [0.2, 0.25) is 0 Å². The second-order valence-corrected chi connectivity index (χ2v) is 7.44. The fraction of sp³-hybridized carbons (Fsp3) is 0.125. The molecule has 0 aliphatic carbocycles. The van der Waals surface area contributed by atoms with Crippen LogP contribution in [0, 0.1) is 12.7 Å². The van der Waals surface area contributed by atoms with Crippen molar-refractivity contribution in [2.75, 3.05) is 0 Å². The van der Waals surface area contributed by atoms with Crippen LogP contribution in [0.15, 0.2) is 79.0 Å². The number of halogens is 1. The van der Waals surface area contributed by atoms with E-state index in [0.717, 1.165) is 28.6 Å². The average Bonchev–Trinajstić information content (AvgIpc) is 3.36. The van der Waals surface area contributed by atoms with Crippen LogP contribution >= 0.6 is 0 Å². The molecule has 0 N–H and O–H groups in total. The molecule has 5 aromatic rings. The van der Waals surface area contributed by atoms with E-state index in [1.165, 1.54) is 28.1 Å². The largest absolute Gasteiger partial charge is 0.342 e. The third kappa shape index (κ3) is 3.59. The molecule has 30 heavy (non-hydrogen) atoms. The van der Waals surface area contributed by atoms with E-state index in [1.54, 1.807) is 12.1 Å². The molecule has 0 unspecified atom stereocenters. The van der Waals surface area contributed by atoms with Gasteiger partial charge in [0.1, 0.15) is 5.82 Å². The van der Waals surface area contributed by atoms with E-state index in [-0.39, 0.29) is 5.82 Å². The van der Waals surface area contributed by atoms with Crippen LogP contribution in [0.5, 0.6) is 0 Å². The summed E-state index contributed by atoms with van der Waals surface area (Å²) in [5.74, 6) is 0.323. The molecule has 0 spiro atoms. The van der Waals surface area contributed by atoms with Crippen molar-refractivity contribution in [3.8, 4) is 11.4 Å². The summed E-state index contributed by atoms with van der Waals surface area (Å²) in [5, 5.41) is 14.1. The Morgan fingerprint density at radius 1 is 0.833 bits per heavy atom. The van der Waals surface area contributed by atoms with Gasteiger partial charge in [-0.2, -0.15) is 4.80 Å². The fourth-order valence-electron chi connectivity index (χ4n) is 3.62. The number of benzene rings is 3. The van der Waals surface area contributed by atoms with Crippen LogP contribution in [0.25, 0.3) is 22.3 Å². The van der Waals surface area contributed by atoms with Gasteiger partial charge in [0.05, 0.1) is 6.54 Å². The first-order chi connectivity index (χ1) is 14.7. The first-order valence-electron chi connectivity index (χ1n) is 9.82. The zero-order chi connectivity index (χ0) is 20.5. The number of nitrogens with zero attached hydrogens (tertiary/aromatic N) is 5. The predicted molar refractivity (Wildman–Crippen MR) is 115 cm³/mol. The number of hydrogen-bond acceptors (Lipinski definition) is 3. The van der Waals surface area contributed by atoms with Crippen molar-refractivity contribution in [3.63, 3.8) is 0 Å². The second kappa shape index (κ2) is 7.55. The molecule has 148 valence electrons. The summed E-state index contributed by atoms with van der Waals surface area (Å²) in [6, 6.07) is 23.1. The summed E-state index contributed by atoms with van der Waals surface area (Å²) in [7, 11) is 0. The van der Waals surface area contributed by atoms with Crippen molar-refractivity contribution < 1.29 is 4.39 Å². The maximum Gasteiger partial charge on any atom is 0.207 e. The molecule has 0 radical (unpaired) electrons. The lowest BCUT2D eigenvalue weighted by atomic mass is 10.1. The van der Waals surface area contributed by atoms with Crippen molar-refractivity contribution in [1.29, 1.82) is 0 Å². The van der Waals surface area contributed by atoms with Crippen molar-refractivity contribution in [1.82, 2.24) is 24.8 Å². The molecule has 0 atom stereocenters. The summed E-state index contributed by atoms with van der Waals surface area (Å²) in [4.78, 5) is 1.54. The Morgan fingerprint density at radius 3 is 2.33 bits per heavy atom. The summed E-state index contributed by atoms with van der Waals surface area (Å²) < 4.78 is 15.3. The standard InChI is InChI=1S/C24H20FN5/c1-17-6-8-18(9-7-17)14-29-16-22(21-4-2-3-5-23(21)29)24-26-28-30(27-24)15-19-10-12-20(25)13-11-19/h2-13,16H,14-15H2,1H3. The minimum Gasteiger partial charge on any atom is -0.342 e. The van der Waals surface area contributed by atoms with Gasteiger partial charge in [0.2, 0.25) is 5.82 Å². The normalized spacial score (nSPS) is 11.3. The SMILES string of the molecule is Cc1ccc(Cn2cc(-c3nnn(Cc4ccc(F)cc4)n3)c3ccccc32)cc1. The first kappa shape index (κ1) is 18.2. The van der Waals surface area contributed by atoms with Gasteiger partial charge in [-0.1, -0.05) is 60.2 Å². The van der Waals surface area contributed by atoms with E-state index in [2.05, 4.69) is 69.5 Å². The first-order valence-corrected chi connectivity index (χ1v) is 9.82. The molecule has 3 aromatic carbocycles. The summed E-state index contributed by atoms with van der Waals surface area (Å²) in [6.07, 6.45) is 2.09. The van der Waals surface area contributed by atoms with E-state index < -0.39 is 0 Å². The Balaban J connectivity index is 1.48. The van der Waals surface area contributed by atoms with Crippen LogP contribution < -0.4 is 0 Å². The number of rotatable bonds is 5. The van der Waals surface area contributed by atoms with Gasteiger partial charge < -0.3 is 4.57 Å². The van der Waals surface area contributed by atoms with E-state index in [1.807, 2.05) is 12.1 Å². The maximum atomic E-state index is 13.1.